The first-order valence-corrected chi connectivity index (χ1v) is 6.75. The smallest absolute Gasteiger partial charge is 0.0997 e. The second kappa shape index (κ2) is 6.43. The first-order valence-electron chi connectivity index (χ1n) is 5.99. The van der Waals surface area contributed by atoms with Gasteiger partial charge >= 0.3 is 0 Å². The van der Waals surface area contributed by atoms with Crippen LogP contribution in [0.1, 0.15) is 32.8 Å². The molecule has 0 amide bonds. The standard InChI is InChI=1S/C14H18Cl2N2/c1-4-14(2,3)18-11(9-17)7-10-5-6-12(15)13(16)8-10/h5-6,8,11,18H,4,7H2,1-3H3. The SMILES string of the molecule is CCC(C)(C)NC(C#N)Cc1ccc(Cl)c(Cl)c1. The maximum absolute atomic E-state index is 9.20. The van der Waals surface area contributed by atoms with Crippen LogP contribution in [0.5, 0.6) is 0 Å². The summed E-state index contributed by atoms with van der Waals surface area (Å²) in [5.41, 5.74) is 0.965. The molecule has 1 N–H and O–H groups in total. The summed E-state index contributed by atoms with van der Waals surface area (Å²) in [6, 6.07) is 7.54. The molecule has 0 aromatic heterocycles. The van der Waals surface area contributed by atoms with Gasteiger partial charge in [0.05, 0.1) is 22.2 Å². The van der Waals surface area contributed by atoms with Crippen LogP contribution in [0.25, 0.3) is 0 Å². The molecule has 0 spiro atoms. The fraction of sp³-hybridized carbons (Fsp3) is 0.500. The van der Waals surface area contributed by atoms with Crippen LogP contribution in [-0.4, -0.2) is 11.6 Å². The van der Waals surface area contributed by atoms with Crippen LogP contribution in [0.3, 0.4) is 0 Å². The molecule has 0 fully saturated rings. The zero-order valence-corrected chi connectivity index (χ0v) is 12.4. The second-order valence-electron chi connectivity index (χ2n) is 5.02. The van der Waals surface area contributed by atoms with Gasteiger partial charge in [0.25, 0.3) is 0 Å². The molecule has 0 aliphatic heterocycles. The van der Waals surface area contributed by atoms with Crippen molar-refractivity contribution in [3.63, 3.8) is 0 Å². The van der Waals surface area contributed by atoms with E-state index in [1.54, 1.807) is 6.07 Å². The number of nitrogens with zero attached hydrogens (tertiary/aromatic N) is 1. The van der Waals surface area contributed by atoms with Gasteiger partial charge in [-0.15, -0.1) is 0 Å². The number of hydrogen-bond acceptors (Lipinski definition) is 2. The van der Waals surface area contributed by atoms with Crippen LogP contribution in [0.2, 0.25) is 10.0 Å². The van der Waals surface area contributed by atoms with Crippen molar-refractivity contribution in [3.8, 4) is 6.07 Å². The Morgan fingerprint density at radius 3 is 2.50 bits per heavy atom. The summed E-state index contributed by atoms with van der Waals surface area (Å²) in [6.45, 7) is 6.28. The van der Waals surface area contributed by atoms with Gasteiger partial charge in [-0.05, 0) is 38.0 Å². The monoisotopic (exact) mass is 284 g/mol. The first-order chi connectivity index (χ1) is 8.38. The molecule has 18 heavy (non-hydrogen) atoms. The van der Waals surface area contributed by atoms with Crippen molar-refractivity contribution in [1.29, 1.82) is 5.26 Å². The molecule has 1 aromatic carbocycles. The minimum Gasteiger partial charge on any atom is -0.297 e. The number of nitriles is 1. The largest absolute Gasteiger partial charge is 0.297 e. The number of rotatable bonds is 5. The highest BCUT2D eigenvalue weighted by Gasteiger charge is 2.20. The van der Waals surface area contributed by atoms with E-state index in [-0.39, 0.29) is 11.6 Å². The maximum Gasteiger partial charge on any atom is 0.0997 e. The van der Waals surface area contributed by atoms with Gasteiger partial charge in [-0.25, -0.2) is 0 Å². The quantitative estimate of drug-likeness (QED) is 0.879. The van der Waals surface area contributed by atoms with Gasteiger partial charge in [-0.1, -0.05) is 36.2 Å². The van der Waals surface area contributed by atoms with Gasteiger partial charge in [0.2, 0.25) is 0 Å². The predicted octanol–water partition coefficient (Wildman–Crippen LogP) is 4.21. The molecular weight excluding hydrogens is 267 g/mol. The topological polar surface area (TPSA) is 35.8 Å². The molecule has 1 rings (SSSR count). The highest BCUT2D eigenvalue weighted by molar-refractivity contribution is 6.42. The molecule has 0 aliphatic rings. The lowest BCUT2D eigenvalue weighted by atomic mass is 9.98. The van der Waals surface area contributed by atoms with Crippen LogP contribution in [0.15, 0.2) is 18.2 Å². The molecule has 0 saturated heterocycles. The molecule has 2 nitrogen and oxygen atoms in total. The Bertz CT molecular complexity index is 450. The van der Waals surface area contributed by atoms with E-state index in [4.69, 9.17) is 23.2 Å². The average Bonchev–Trinajstić information content (AvgIpc) is 2.33. The zero-order valence-electron chi connectivity index (χ0n) is 10.9. The van der Waals surface area contributed by atoms with Gasteiger partial charge in [0.1, 0.15) is 0 Å². The third-order valence-corrected chi connectivity index (χ3v) is 3.77. The minimum atomic E-state index is -0.225. The molecule has 0 aliphatic carbocycles. The van der Waals surface area contributed by atoms with Crippen molar-refractivity contribution in [3.05, 3.63) is 33.8 Å². The average molecular weight is 285 g/mol. The molecule has 0 heterocycles. The van der Waals surface area contributed by atoms with E-state index >= 15 is 0 Å². The predicted molar refractivity (Wildman–Crippen MR) is 77.1 cm³/mol. The minimum absolute atomic E-state index is 0.0450. The Hall–Kier alpha value is -0.750. The van der Waals surface area contributed by atoms with Gasteiger partial charge in [0, 0.05) is 12.0 Å². The number of halogens is 2. The summed E-state index contributed by atoms with van der Waals surface area (Å²) in [4.78, 5) is 0. The highest BCUT2D eigenvalue weighted by atomic mass is 35.5. The molecule has 4 heteroatoms. The third kappa shape index (κ3) is 4.49. The van der Waals surface area contributed by atoms with Crippen LogP contribution in [0, 0.1) is 11.3 Å². The molecule has 1 aromatic rings. The summed E-state index contributed by atoms with van der Waals surface area (Å²) >= 11 is 11.8. The van der Waals surface area contributed by atoms with E-state index in [1.165, 1.54) is 0 Å². The van der Waals surface area contributed by atoms with E-state index in [1.807, 2.05) is 12.1 Å². The van der Waals surface area contributed by atoms with E-state index < -0.39 is 0 Å². The van der Waals surface area contributed by atoms with Gasteiger partial charge < -0.3 is 0 Å². The van der Waals surface area contributed by atoms with Crippen molar-refractivity contribution < 1.29 is 0 Å². The fourth-order valence-corrected chi connectivity index (χ4v) is 1.93. The van der Waals surface area contributed by atoms with E-state index in [0.29, 0.717) is 16.5 Å². The van der Waals surface area contributed by atoms with Crippen LogP contribution in [-0.2, 0) is 6.42 Å². The van der Waals surface area contributed by atoms with Crippen LogP contribution in [0.4, 0.5) is 0 Å². The van der Waals surface area contributed by atoms with Crippen LogP contribution < -0.4 is 5.32 Å². The van der Waals surface area contributed by atoms with Gasteiger partial charge in [-0.2, -0.15) is 5.26 Å². The Kier molecular flexibility index (Phi) is 5.47. The van der Waals surface area contributed by atoms with E-state index in [0.717, 1.165) is 12.0 Å². The van der Waals surface area contributed by atoms with Crippen molar-refractivity contribution in [2.45, 2.75) is 45.2 Å². The van der Waals surface area contributed by atoms with Crippen molar-refractivity contribution in [1.82, 2.24) is 5.32 Å². The summed E-state index contributed by atoms with van der Waals surface area (Å²) in [5, 5.41) is 13.6. The second-order valence-corrected chi connectivity index (χ2v) is 5.83. The lowest BCUT2D eigenvalue weighted by molar-refractivity contribution is 0.351. The van der Waals surface area contributed by atoms with Crippen molar-refractivity contribution in [2.75, 3.05) is 0 Å². The molecular formula is C14H18Cl2N2. The van der Waals surface area contributed by atoms with E-state index in [2.05, 4.69) is 32.2 Å². The molecule has 1 unspecified atom stereocenters. The lowest BCUT2D eigenvalue weighted by Gasteiger charge is -2.27. The lowest BCUT2D eigenvalue weighted by Crippen LogP contribution is -2.45. The Labute approximate surface area is 119 Å². The third-order valence-electron chi connectivity index (χ3n) is 3.03. The van der Waals surface area contributed by atoms with Crippen molar-refractivity contribution in [2.24, 2.45) is 0 Å². The zero-order chi connectivity index (χ0) is 13.8. The fourth-order valence-electron chi connectivity index (χ4n) is 1.60. The molecule has 0 radical (unpaired) electrons. The number of benzene rings is 1. The Morgan fingerprint density at radius 2 is 2.00 bits per heavy atom. The Balaban J connectivity index is 2.75. The normalized spacial score (nSPS) is 13.1. The summed E-state index contributed by atoms with van der Waals surface area (Å²) in [5.74, 6) is 0. The highest BCUT2D eigenvalue weighted by Crippen LogP contribution is 2.23. The Morgan fingerprint density at radius 1 is 1.33 bits per heavy atom. The maximum atomic E-state index is 9.20. The molecule has 0 bridgehead atoms. The first kappa shape index (κ1) is 15.3. The molecule has 98 valence electrons. The van der Waals surface area contributed by atoms with Gasteiger partial charge in [-0.3, -0.25) is 5.32 Å². The van der Waals surface area contributed by atoms with Crippen LogP contribution >= 0.6 is 23.2 Å². The molecule has 1 atom stereocenters. The summed E-state index contributed by atoms with van der Waals surface area (Å²) in [7, 11) is 0. The molecule has 0 saturated carbocycles. The van der Waals surface area contributed by atoms with E-state index in [9.17, 15) is 5.26 Å². The van der Waals surface area contributed by atoms with Crippen molar-refractivity contribution >= 4 is 23.2 Å². The summed E-state index contributed by atoms with van der Waals surface area (Å²) < 4.78 is 0. The number of nitrogens with one attached hydrogen (secondary N) is 1. The summed E-state index contributed by atoms with van der Waals surface area (Å²) in [6.07, 6.45) is 1.59. The van der Waals surface area contributed by atoms with Gasteiger partial charge in [0.15, 0.2) is 0 Å². The number of hydrogen-bond donors (Lipinski definition) is 1.